The minimum atomic E-state index is -0.768. The van der Waals surface area contributed by atoms with Gasteiger partial charge in [0.25, 0.3) is 0 Å². The molecular weight excluding hydrogens is 362 g/mol. The molecule has 1 aliphatic rings. The molecule has 1 aliphatic heterocycles. The molecule has 2 amide bonds. The lowest BCUT2D eigenvalue weighted by molar-refractivity contribution is -0.215. The Kier molecular flexibility index (Phi) is 8.90. The smallest absolute Gasteiger partial charge is 0.339 e. The molecule has 8 heteroatoms. The second-order valence-corrected chi connectivity index (χ2v) is 6.99. The van der Waals surface area contributed by atoms with Crippen LogP contribution in [0.1, 0.15) is 39.5 Å². The maximum Gasteiger partial charge on any atom is 0.339 e. The minimum absolute atomic E-state index is 0.0868. The van der Waals surface area contributed by atoms with Gasteiger partial charge in [-0.1, -0.05) is 38.0 Å². The first-order valence-electron chi connectivity index (χ1n) is 9.59. The van der Waals surface area contributed by atoms with Crippen molar-refractivity contribution in [1.82, 2.24) is 5.43 Å². The number of anilines is 1. The zero-order valence-corrected chi connectivity index (χ0v) is 16.3. The van der Waals surface area contributed by atoms with Gasteiger partial charge in [-0.25, -0.2) is 10.2 Å². The Balaban J connectivity index is 1.83. The van der Waals surface area contributed by atoms with Crippen LogP contribution in [0.2, 0.25) is 0 Å². The predicted octanol–water partition coefficient (Wildman–Crippen LogP) is 3.45. The number of para-hydroxylation sites is 1. The Morgan fingerprint density at radius 1 is 1.32 bits per heavy atom. The molecule has 1 aromatic carbocycles. The third kappa shape index (κ3) is 7.66. The number of ether oxygens (including phenoxy) is 2. The Bertz CT molecular complexity index is 653. The summed E-state index contributed by atoms with van der Waals surface area (Å²) in [4.78, 5) is 22.5. The summed E-state index contributed by atoms with van der Waals surface area (Å²) in [5.41, 5.74) is 3.13. The molecule has 1 fully saturated rings. The molecule has 1 heterocycles. The Morgan fingerprint density at radius 3 is 2.79 bits per heavy atom. The first-order valence-corrected chi connectivity index (χ1v) is 9.59. The first-order chi connectivity index (χ1) is 13.5. The van der Waals surface area contributed by atoms with Crippen LogP contribution in [-0.2, 0) is 14.3 Å². The van der Waals surface area contributed by atoms with E-state index in [2.05, 4.69) is 22.8 Å². The van der Waals surface area contributed by atoms with Gasteiger partial charge < -0.3 is 19.9 Å². The molecule has 1 aromatic rings. The molecular formula is C20H29N3O5. The highest BCUT2D eigenvalue weighted by Crippen LogP contribution is 2.28. The van der Waals surface area contributed by atoms with Crippen molar-refractivity contribution in [2.75, 3.05) is 11.9 Å². The molecule has 8 nitrogen and oxygen atoms in total. The summed E-state index contributed by atoms with van der Waals surface area (Å²) in [5.74, 6) is -0.407. The van der Waals surface area contributed by atoms with Gasteiger partial charge in [0.1, 0.15) is 6.10 Å². The van der Waals surface area contributed by atoms with E-state index in [-0.39, 0.29) is 30.7 Å². The van der Waals surface area contributed by atoms with Crippen molar-refractivity contribution in [1.29, 1.82) is 0 Å². The van der Waals surface area contributed by atoms with E-state index in [4.69, 9.17) is 14.6 Å². The number of hydrogen-bond donors (Lipinski definition) is 3. The second kappa shape index (κ2) is 11.4. The summed E-state index contributed by atoms with van der Waals surface area (Å²) >= 11 is 0. The molecule has 28 heavy (non-hydrogen) atoms. The third-order valence-corrected chi connectivity index (χ3v) is 4.74. The number of urea groups is 1. The number of nitrogens with zero attached hydrogens (tertiary/aromatic N) is 1. The van der Waals surface area contributed by atoms with Crippen molar-refractivity contribution < 1.29 is 24.2 Å². The summed E-state index contributed by atoms with van der Waals surface area (Å²) in [6.07, 6.45) is 3.53. The van der Waals surface area contributed by atoms with Crippen LogP contribution in [0.3, 0.4) is 0 Å². The maximum absolute atomic E-state index is 11.9. The molecule has 0 saturated carbocycles. The average molecular weight is 391 g/mol. The first kappa shape index (κ1) is 21.8. The zero-order valence-electron chi connectivity index (χ0n) is 16.3. The Labute approximate surface area is 165 Å². The number of hydrogen-bond acceptors (Lipinski definition) is 5. The van der Waals surface area contributed by atoms with Gasteiger partial charge in [-0.05, 0) is 31.4 Å². The molecule has 1 unspecified atom stereocenters. The number of amides is 2. The summed E-state index contributed by atoms with van der Waals surface area (Å²) < 4.78 is 11.4. The standard InChI is InChI=1S/C20H29N3O5/c1-14(8-6-7-11-19(24)25)17-13-27-15(2)28-18(17)12-21-23-20(26)22-16-9-4-3-5-10-16/h3-5,9-10,12,14-15,17-18H,6-8,11,13H2,1-2H3,(H,24,25)(H2,22,23,26)/b21-12-/t14?,15-,17-,18+/m1/s1. The SMILES string of the molecule is CC(CCCCC(=O)O)[C@H]1CO[C@@H](C)O[C@H]1/C=N\NC(=O)Nc1ccccc1. The average Bonchev–Trinajstić information content (AvgIpc) is 2.66. The highest BCUT2D eigenvalue weighted by Gasteiger charge is 2.32. The summed E-state index contributed by atoms with van der Waals surface area (Å²) in [5, 5.41) is 15.5. The number of carboxylic acid groups (broad SMARTS) is 1. The number of hydrazone groups is 1. The lowest BCUT2D eigenvalue weighted by Crippen LogP contribution is -2.43. The molecule has 154 valence electrons. The van der Waals surface area contributed by atoms with Gasteiger partial charge in [0, 0.05) is 18.0 Å². The second-order valence-electron chi connectivity index (χ2n) is 6.99. The van der Waals surface area contributed by atoms with E-state index in [1.165, 1.54) is 0 Å². The van der Waals surface area contributed by atoms with Gasteiger partial charge in [0.2, 0.25) is 0 Å². The highest BCUT2D eigenvalue weighted by atomic mass is 16.7. The predicted molar refractivity (Wildman–Crippen MR) is 106 cm³/mol. The number of carboxylic acids is 1. The summed E-state index contributed by atoms with van der Waals surface area (Å²) in [7, 11) is 0. The van der Waals surface area contributed by atoms with Crippen molar-refractivity contribution in [3.8, 4) is 0 Å². The van der Waals surface area contributed by atoms with Crippen molar-refractivity contribution >= 4 is 23.9 Å². The van der Waals surface area contributed by atoms with Crippen LogP contribution in [0, 0.1) is 11.8 Å². The summed E-state index contributed by atoms with van der Waals surface area (Å²) in [6, 6.07) is 8.68. The van der Waals surface area contributed by atoms with Gasteiger partial charge in [-0.3, -0.25) is 4.79 Å². The van der Waals surface area contributed by atoms with Crippen LogP contribution in [0.5, 0.6) is 0 Å². The number of carbonyl (C=O) groups excluding carboxylic acids is 1. The van der Waals surface area contributed by atoms with Gasteiger partial charge in [-0.15, -0.1) is 0 Å². The summed E-state index contributed by atoms with van der Waals surface area (Å²) in [6.45, 7) is 4.46. The monoisotopic (exact) mass is 391 g/mol. The number of benzene rings is 1. The zero-order chi connectivity index (χ0) is 20.4. The fourth-order valence-corrected chi connectivity index (χ4v) is 3.14. The minimum Gasteiger partial charge on any atom is -0.481 e. The molecule has 0 bridgehead atoms. The normalized spacial score (nSPS) is 23.3. The molecule has 3 N–H and O–H groups in total. The lowest BCUT2D eigenvalue weighted by atomic mass is 9.85. The largest absolute Gasteiger partial charge is 0.481 e. The highest BCUT2D eigenvalue weighted by molar-refractivity contribution is 5.89. The van der Waals surface area contributed by atoms with E-state index in [9.17, 15) is 9.59 Å². The van der Waals surface area contributed by atoms with E-state index in [0.717, 1.165) is 12.8 Å². The fourth-order valence-electron chi connectivity index (χ4n) is 3.14. The van der Waals surface area contributed by atoms with E-state index in [0.29, 0.717) is 18.7 Å². The lowest BCUT2D eigenvalue weighted by Gasteiger charge is -2.36. The Morgan fingerprint density at radius 2 is 2.07 bits per heavy atom. The maximum atomic E-state index is 11.9. The number of aliphatic carboxylic acids is 1. The van der Waals surface area contributed by atoms with Crippen LogP contribution in [-0.4, -0.2) is 42.3 Å². The van der Waals surface area contributed by atoms with Crippen molar-refractivity contribution in [3.05, 3.63) is 30.3 Å². The van der Waals surface area contributed by atoms with Crippen molar-refractivity contribution in [3.63, 3.8) is 0 Å². The molecule has 0 aromatic heterocycles. The Hall–Kier alpha value is -2.45. The van der Waals surface area contributed by atoms with Gasteiger partial charge in [0.05, 0.1) is 12.8 Å². The van der Waals surface area contributed by atoms with E-state index in [1.54, 1.807) is 18.3 Å². The third-order valence-electron chi connectivity index (χ3n) is 4.74. The van der Waals surface area contributed by atoms with Crippen molar-refractivity contribution in [2.45, 2.75) is 51.9 Å². The van der Waals surface area contributed by atoms with Crippen LogP contribution in [0.15, 0.2) is 35.4 Å². The number of carbonyl (C=O) groups is 2. The molecule has 0 spiro atoms. The number of nitrogens with one attached hydrogen (secondary N) is 2. The van der Waals surface area contributed by atoms with Crippen LogP contribution in [0.4, 0.5) is 10.5 Å². The molecule has 2 rings (SSSR count). The number of unbranched alkanes of at least 4 members (excludes halogenated alkanes) is 1. The van der Waals surface area contributed by atoms with Gasteiger partial charge in [-0.2, -0.15) is 5.10 Å². The van der Waals surface area contributed by atoms with Gasteiger partial charge in [0.15, 0.2) is 6.29 Å². The van der Waals surface area contributed by atoms with Crippen molar-refractivity contribution in [2.24, 2.45) is 16.9 Å². The molecule has 0 aliphatic carbocycles. The van der Waals surface area contributed by atoms with Crippen LogP contribution < -0.4 is 10.7 Å². The fraction of sp³-hybridized carbons (Fsp3) is 0.550. The molecule has 1 saturated heterocycles. The van der Waals surface area contributed by atoms with Gasteiger partial charge >= 0.3 is 12.0 Å². The van der Waals surface area contributed by atoms with Crippen LogP contribution >= 0.6 is 0 Å². The number of rotatable bonds is 9. The van der Waals surface area contributed by atoms with E-state index in [1.807, 2.05) is 25.1 Å². The van der Waals surface area contributed by atoms with E-state index >= 15 is 0 Å². The van der Waals surface area contributed by atoms with Crippen LogP contribution in [0.25, 0.3) is 0 Å². The van der Waals surface area contributed by atoms with E-state index < -0.39 is 12.0 Å². The quantitative estimate of drug-likeness (QED) is 0.339. The topological polar surface area (TPSA) is 109 Å². The molecule has 0 radical (unpaired) electrons. The molecule has 4 atom stereocenters.